The van der Waals surface area contributed by atoms with E-state index in [1.165, 1.54) is 50.5 Å². The first-order chi connectivity index (χ1) is 8.06. The molecule has 4 fully saturated rings. The van der Waals surface area contributed by atoms with Gasteiger partial charge in [0.05, 0.1) is 0 Å². The molecule has 0 aromatic heterocycles. The number of hydrogen-bond acceptors (Lipinski definition) is 0. The third-order valence-corrected chi connectivity index (χ3v) is 4.97. The Labute approximate surface area is 107 Å². The lowest BCUT2D eigenvalue weighted by molar-refractivity contribution is 0.162. The molecule has 0 amide bonds. The summed E-state index contributed by atoms with van der Waals surface area (Å²) in [5.41, 5.74) is 3.02. The highest BCUT2D eigenvalue weighted by Gasteiger charge is 2.39. The molecule has 2 unspecified atom stereocenters. The quantitative estimate of drug-likeness (QED) is 0.493. The molecule has 0 radical (unpaired) electrons. The van der Waals surface area contributed by atoms with Crippen molar-refractivity contribution < 1.29 is 0 Å². The minimum absolute atomic E-state index is 0.929. The van der Waals surface area contributed by atoms with Gasteiger partial charge in [-0.3, -0.25) is 0 Å². The van der Waals surface area contributed by atoms with Gasteiger partial charge >= 0.3 is 0 Å². The zero-order valence-corrected chi connectivity index (χ0v) is 11.7. The number of fused-ring (bicyclic) bond motifs is 2. The summed E-state index contributed by atoms with van der Waals surface area (Å²) in [6.45, 7) is 12.7. The highest BCUT2D eigenvalue weighted by Crippen LogP contribution is 2.51. The van der Waals surface area contributed by atoms with Gasteiger partial charge < -0.3 is 0 Å². The lowest BCUT2D eigenvalue weighted by Gasteiger charge is -2.46. The third kappa shape index (κ3) is 3.24. The average Bonchev–Trinajstić information content (AvgIpc) is 2.33. The molecule has 0 nitrogen and oxygen atoms in total. The standard InChI is InChI=1S/C9H14.C8H14/c1-6-3-8-5-9(4-6)7(8)2;1-7-3-5-8(2)6-4-7/h6,8-9H,2-5H2,1H3;8H,1,3-6H2,2H3. The van der Waals surface area contributed by atoms with Crippen molar-refractivity contribution in [2.75, 3.05) is 0 Å². The Morgan fingerprint density at radius 2 is 1.35 bits per heavy atom. The van der Waals surface area contributed by atoms with Crippen LogP contribution in [-0.2, 0) is 0 Å². The van der Waals surface area contributed by atoms with Gasteiger partial charge in [-0.05, 0) is 68.6 Å². The second kappa shape index (κ2) is 5.42. The van der Waals surface area contributed by atoms with Crippen LogP contribution in [0.1, 0.15) is 58.8 Å². The van der Waals surface area contributed by atoms with E-state index in [0.717, 1.165) is 23.7 Å². The average molecular weight is 232 g/mol. The number of allylic oxidation sites excluding steroid dienone is 2. The van der Waals surface area contributed by atoms with Gasteiger partial charge in [0, 0.05) is 0 Å². The first-order valence-corrected chi connectivity index (χ1v) is 7.41. The van der Waals surface area contributed by atoms with Crippen molar-refractivity contribution in [3.63, 3.8) is 0 Å². The van der Waals surface area contributed by atoms with Gasteiger partial charge in [0.15, 0.2) is 0 Å². The van der Waals surface area contributed by atoms with Crippen LogP contribution in [0.15, 0.2) is 24.3 Å². The summed E-state index contributed by atoms with van der Waals surface area (Å²) >= 11 is 0. The van der Waals surface area contributed by atoms with Crippen molar-refractivity contribution in [2.45, 2.75) is 58.8 Å². The van der Waals surface area contributed by atoms with Gasteiger partial charge in [-0.15, -0.1) is 0 Å². The fourth-order valence-corrected chi connectivity index (χ4v) is 3.55. The van der Waals surface area contributed by atoms with E-state index in [-0.39, 0.29) is 0 Å². The molecule has 0 N–H and O–H groups in total. The SMILES string of the molecule is C=C1C2CC(C)CC1C2.C=C1CCC(C)CC1. The van der Waals surface area contributed by atoms with E-state index in [1.54, 1.807) is 5.57 Å². The minimum Gasteiger partial charge on any atom is -0.0999 e. The van der Waals surface area contributed by atoms with Crippen LogP contribution in [0.4, 0.5) is 0 Å². The second-order valence-electron chi connectivity index (χ2n) is 6.71. The third-order valence-electron chi connectivity index (χ3n) is 4.97. The number of rotatable bonds is 0. The minimum atomic E-state index is 0.929. The number of hydrogen-bond donors (Lipinski definition) is 0. The molecule has 2 atom stereocenters. The van der Waals surface area contributed by atoms with Crippen LogP contribution in [0.25, 0.3) is 0 Å². The molecule has 0 aliphatic heterocycles. The summed E-state index contributed by atoms with van der Waals surface area (Å²) in [4.78, 5) is 0. The van der Waals surface area contributed by atoms with Crippen LogP contribution in [-0.4, -0.2) is 0 Å². The van der Waals surface area contributed by atoms with Gasteiger partial charge in [0.25, 0.3) is 0 Å². The van der Waals surface area contributed by atoms with E-state index in [9.17, 15) is 0 Å². The molecule has 4 aliphatic rings. The molecule has 96 valence electrons. The lowest BCUT2D eigenvalue weighted by atomic mass is 9.59. The lowest BCUT2D eigenvalue weighted by Crippen LogP contribution is -2.35. The van der Waals surface area contributed by atoms with E-state index in [4.69, 9.17) is 0 Å². The van der Waals surface area contributed by atoms with Crippen molar-refractivity contribution in [1.29, 1.82) is 0 Å². The van der Waals surface area contributed by atoms with E-state index in [2.05, 4.69) is 27.0 Å². The molecule has 4 aliphatic carbocycles. The Bertz CT molecular complexity index is 275. The van der Waals surface area contributed by atoms with Gasteiger partial charge in [-0.1, -0.05) is 38.2 Å². The van der Waals surface area contributed by atoms with Crippen LogP contribution >= 0.6 is 0 Å². The summed E-state index contributed by atoms with van der Waals surface area (Å²) in [5.74, 6) is 3.80. The largest absolute Gasteiger partial charge is 0.0999 e. The highest BCUT2D eigenvalue weighted by atomic mass is 14.4. The Hall–Kier alpha value is -0.520. The summed E-state index contributed by atoms with van der Waals surface area (Å²) < 4.78 is 0. The maximum absolute atomic E-state index is 4.08. The van der Waals surface area contributed by atoms with Gasteiger partial charge in [-0.2, -0.15) is 0 Å². The summed E-state index contributed by atoms with van der Waals surface area (Å²) in [5, 5.41) is 0. The van der Waals surface area contributed by atoms with Crippen LogP contribution in [0.5, 0.6) is 0 Å². The molecule has 0 aromatic rings. The van der Waals surface area contributed by atoms with E-state index >= 15 is 0 Å². The van der Waals surface area contributed by atoms with Crippen LogP contribution in [0.3, 0.4) is 0 Å². The molecule has 0 spiro atoms. The van der Waals surface area contributed by atoms with E-state index < -0.39 is 0 Å². The van der Waals surface area contributed by atoms with Gasteiger partial charge in [-0.25, -0.2) is 0 Å². The monoisotopic (exact) mass is 232 g/mol. The summed E-state index contributed by atoms with van der Waals surface area (Å²) in [6.07, 6.45) is 9.62. The Kier molecular flexibility index (Phi) is 4.12. The van der Waals surface area contributed by atoms with Crippen molar-refractivity contribution in [3.8, 4) is 0 Å². The summed E-state index contributed by atoms with van der Waals surface area (Å²) in [6, 6.07) is 0. The maximum Gasteiger partial charge on any atom is -0.0195 e. The normalized spacial score (nSPS) is 36.9. The first-order valence-electron chi connectivity index (χ1n) is 7.41. The van der Waals surface area contributed by atoms with Crippen molar-refractivity contribution in [1.82, 2.24) is 0 Å². The fourth-order valence-electron chi connectivity index (χ4n) is 3.55. The molecule has 4 saturated carbocycles. The molecule has 17 heavy (non-hydrogen) atoms. The molecule has 0 heteroatoms. The molecular formula is C17H28. The molecule has 0 aromatic carbocycles. The maximum atomic E-state index is 4.08. The topological polar surface area (TPSA) is 0 Å². The molecule has 4 rings (SSSR count). The van der Waals surface area contributed by atoms with Crippen LogP contribution in [0.2, 0.25) is 0 Å². The van der Waals surface area contributed by atoms with Gasteiger partial charge in [0.2, 0.25) is 0 Å². The van der Waals surface area contributed by atoms with E-state index in [0.29, 0.717) is 0 Å². The van der Waals surface area contributed by atoms with Crippen molar-refractivity contribution in [2.24, 2.45) is 23.7 Å². The van der Waals surface area contributed by atoms with Crippen LogP contribution < -0.4 is 0 Å². The van der Waals surface area contributed by atoms with E-state index in [1.807, 2.05) is 0 Å². The fraction of sp³-hybridized carbons (Fsp3) is 0.765. The summed E-state index contributed by atoms with van der Waals surface area (Å²) in [7, 11) is 0. The Morgan fingerprint density at radius 1 is 0.824 bits per heavy atom. The zero-order chi connectivity index (χ0) is 12.4. The Balaban J connectivity index is 0.000000128. The molecular weight excluding hydrogens is 204 g/mol. The molecule has 0 heterocycles. The second-order valence-corrected chi connectivity index (χ2v) is 6.71. The Morgan fingerprint density at radius 3 is 1.71 bits per heavy atom. The highest BCUT2D eigenvalue weighted by molar-refractivity contribution is 5.19. The van der Waals surface area contributed by atoms with Crippen LogP contribution in [0, 0.1) is 23.7 Å². The smallest absolute Gasteiger partial charge is 0.0195 e. The zero-order valence-electron chi connectivity index (χ0n) is 11.7. The van der Waals surface area contributed by atoms with Gasteiger partial charge in [0.1, 0.15) is 0 Å². The predicted octanol–water partition coefficient (Wildman–Crippen LogP) is 5.36. The molecule has 2 bridgehead atoms. The predicted molar refractivity (Wildman–Crippen MR) is 75.9 cm³/mol. The van der Waals surface area contributed by atoms with Crippen molar-refractivity contribution in [3.05, 3.63) is 24.3 Å². The van der Waals surface area contributed by atoms with Crippen molar-refractivity contribution >= 4 is 0 Å². The first kappa shape index (κ1) is 12.9. The molecule has 0 saturated heterocycles.